The van der Waals surface area contributed by atoms with E-state index < -0.39 is 0 Å². The van der Waals surface area contributed by atoms with Crippen molar-refractivity contribution in [3.63, 3.8) is 0 Å². The molecule has 0 amide bonds. The number of hydrogen-bond donors (Lipinski definition) is 3. The van der Waals surface area contributed by atoms with Crippen LogP contribution >= 0.6 is 0 Å². The van der Waals surface area contributed by atoms with Crippen LogP contribution in [0.1, 0.15) is 31.2 Å². The first-order chi connectivity index (χ1) is 12.1. The molecule has 0 aliphatic carbocycles. The van der Waals surface area contributed by atoms with Crippen molar-refractivity contribution < 1.29 is 5.11 Å². The Hall–Kier alpha value is -3.33. The van der Waals surface area contributed by atoms with Crippen molar-refractivity contribution in [3.8, 4) is 34.3 Å². The Labute approximate surface area is 146 Å². The first-order valence-corrected chi connectivity index (χ1v) is 8.16. The van der Waals surface area contributed by atoms with E-state index in [0.717, 1.165) is 36.3 Å². The minimum absolute atomic E-state index is 0.174. The standard InChI is InChI=1S/C19H19N5O/c1-2-3-4-18-22-11-17(23-18)14-9-16(24-19(21)15(14)10-20)12-5-7-13(25)8-6-12/h5-9,11,25H,2-4H2,1H3,(H2,21,24)(H,22,23). The number of nitrogens with one attached hydrogen (secondary N) is 1. The van der Waals surface area contributed by atoms with Crippen LogP contribution in [0.3, 0.4) is 0 Å². The largest absolute Gasteiger partial charge is 0.508 e. The van der Waals surface area contributed by atoms with E-state index in [1.807, 2.05) is 6.07 Å². The van der Waals surface area contributed by atoms with Crippen LogP contribution in [0.25, 0.3) is 22.5 Å². The normalized spacial score (nSPS) is 10.6. The number of unbranched alkanes of at least 4 members (excludes halogenated alkanes) is 1. The SMILES string of the molecule is CCCCc1ncc(-c2cc(-c3ccc(O)cc3)nc(N)c2C#N)[nH]1. The summed E-state index contributed by atoms with van der Waals surface area (Å²) >= 11 is 0. The first-order valence-electron chi connectivity index (χ1n) is 8.16. The van der Waals surface area contributed by atoms with Gasteiger partial charge in [0.15, 0.2) is 0 Å². The molecule has 0 unspecified atom stereocenters. The Balaban J connectivity index is 2.07. The molecular formula is C19H19N5O. The summed E-state index contributed by atoms with van der Waals surface area (Å²) in [5.74, 6) is 1.25. The smallest absolute Gasteiger partial charge is 0.142 e. The number of nitrogens with two attached hydrogens (primary N) is 1. The molecule has 2 heterocycles. The van der Waals surface area contributed by atoms with Gasteiger partial charge in [0.05, 0.1) is 17.6 Å². The molecule has 0 spiro atoms. The highest BCUT2D eigenvalue weighted by Gasteiger charge is 2.15. The highest BCUT2D eigenvalue weighted by Crippen LogP contribution is 2.30. The summed E-state index contributed by atoms with van der Waals surface area (Å²) in [6.07, 6.45) is 4.73. The summed E-state index contributed by atoms with van der Waals surface area (Å²) in [5, 5.41) is 18.9. The van der Waals surface area contributed by atoms with Gasteiger partial charge >= 0.3 is 0 Å². The van der Waals surface area contributed by atoms with E-state index in [0.29, 0.717) is 16.8 Å². The van der Waals surface area contributed by atoms with E-state index in [9.17, 15) is 10.4 Å². The average Bonchev–Trinajstić information content (AvgIpc) is 3.08. The molecule has 126 valence electrons. The second-order valence-corrected chi connectivity index (χ2v) is 5.82. The van der Waals surface area contributed by atoms with Gasteiger partial charge in [0.25, 0.3) is 0 Å². The van der Waals surface area contributed by atoms with Crippen LogP contribution < -0.4 is 5.73 Å². The van der Waals surface area contributed by atoms with Gasteiger partial charge in [-0.2, -0.15) is 5.26 Å². The number of aryl methyl sites for hydroxylation is 1. The van der Waals surface area contributed by atoms with Crippen molar-refractivity contribution in [2.75, 3.05) is 5.73 Å². The molecule has 0 aliphatic rings. The molecule has 1 aromatic carbocycles. The number of H-pyrrole nitrogens is 1. The zero-order valence-electron chi connectivity index (χ0n) is 14.0. The van der Waals surface area contributed by atoms with Gasteiger partial charge in [-0.25, -0.2) is 9.97 Å². The van der Waals surface area contributed by atoms with Crippen molar-refractivity contribution in [1.82, 2.24) is 15.0 Å². The first kappa shape index (κ1) is 16.5. The number of aromatic hydroxyl groups is 1. The van der Waals surface area contributed by atoms with Crippen molar-refractivity contribution in [3.05, 3.63) is 47.9 Å². The summed E-state index contributed by atoms with van der Waals surface area (Å²) < 4.78 is 0. The lowest BCUT2D eigenvalue weighted by Crippen LogP contribution is -2.00. The highest BCUT2D eigenvalue weighted by atomic mass is 16.3. The van der Waals surface area contributed by atoms with Crippen molar-refractivity contribution >= 4 is 5.82 Å². The number of pyridine rings is 1. The number of hydrogen-bond acceptors (Lipinski definition) is 5. The van der Waals surface area contributed by atoms with Crippen molar-refractivity contribution in [2.45, 2.75) is 26.2 Å². The molecule has 0 bridgehead atoms. The van der Waals surface area contributed by atoms with Crippen LogP contribution in [0.4, 0.5) is 5.82 Å². The molecule has 0 aliphatic heterocycles. The van der Waals surface area contributed by atoms with Gasteiger partial charge in [0, 0.05) is 17.5 Å². The molecule has 4 N–H and O–H groups in total. The minimum Gasteiger partial charge on any atom is -0.508 e. The van der Waals surface area contributed by atoms with E-state index in [1.54, 1.807) is 30.5 Å². The number of nitrogens with zero attached hydrogens (tertiary/aromatic N) is 3. The third-order valence-electron chi connectivity index (χ3n) is 4.01. The molecule has 0 saturated carbocycles. The number of imidazole rings is 1. The number of anilines is 1. The van der Waals surface area contributed by atoms with Gasteiger partial charge in [0.2, 0.25) is 0 Å². The summed E-state index contributed by atoms with van der Waals surface area (Å²) in [7, 11) is 0. The number of benzene rings is 1. The Morgan fingerprint density at radius 1 is 1.28 bits per heavy atom. The third-order valence-corrected chi connectivity index (χ3v) is 4.01. The number of phenols is 1. The van der Waals surface area contributed by atoms with E-state index in [4.69, 9.17) is 5.73 Å². The number of nitriles is 1. The summed E-state index contributed by atoms with van der Waals surface area (Å²) in [6.45, 7) is 2.13. The van der Waals surface area contributed by atoms with Crippen molar-refractivity contribution in [1.29, 1.82) is 5.26 Å². The van der Waals surface area contributed by atoms with Crippen LogP contribution in [0.5, 0.6) is 5.75 Å². The number of rotatable bonds is 5. The summed E-state index contributed by atoms with van der Waals surface area (Å²) in [4.78, 5) is 12.0. The van der Waals surface area contributed by atoms with E-state index >= 15 is 0 Å². The second kappa shape index (κ2) is 7.05. The molecule has 2 aromatic heterocycles. The molecule has 6 nitrogen and oxygen atoms in total. The lowest BCUT2D eigenvalue weighted by Gasteiger charge is -2.09. The maximum Gasteiger partial charge on any atom is 0.142 e. The number of phenolic OH excluding ortho intramolecular Hbond substituents is 1. The Kier molecular flexibility index (Phi) is 4.66. The predicted octanol–water partition coefficient (Wildman–Crippen LogP) is 3.64. The lowest BCUT2D eigenvalue weighted by molar-refractivity contribution is 0.475. The van der Waals surface area contributed by atoms with Crippen LogP contribution in [-0.2, 0) is 6.42 Å². The van der Waals surface area contributed by atoms with Gasteiger partial charge in [-0.1, -0.05) is 13.3 Å². The molecule has 0 radical (unpaired) electrons. The fourth-order valence-corrected chi connectivity index (χ4v) is 2.65. The quantitative estimate of drug-likeness (QED) is 0.660. The topological polar surface area (TPSA) is 112 Å². The van der Waals surface area contributed by atoms with Gasteiger partial charge in [-0.15, -0.1) is 0 Å². The molecule has 3 rings (SSSR count). The van der Waals surface area contributed by atoms with Crippen LogP contribution in [-0.4, -0.2) is 20.1 Å². The fraction of sp³-hybridized carbons (Fsp3) is 0.211. The Bertz CT molecular complexity index is 922. The van der Waals surface area contributed by atoms with Gasteiger partial charge in [0.1, 0.15) is 29.0 Å². The van der Waals surface area contributed by atoms with E-state index in [1.165, 1.54) is 0 Å². The predicted molar refractivity (Wildman–Crippen MR) is 96.7 cm³/mol. The molecule has 0 atom stereocenters. The monoisotopic (exact) mass is 333 g/mol. The zero-order valence-corrected chi connectivity index (χ0v) is 14.0. The highest BCUT2D eigenvalue weighted by molar-refractivity contribution is 5.78. The zero-order chi connectivity index (χ0) is 17.8. The van der Waals surface area contributed by atoms with Crippen LogP contribution in [0.2, 0.25) is 0 Å². The molecular weight excluding hydrogens is 314 g/mol. The maximum absolute atomic E-state index is 9.47. The number of nitrogen functional groups attached to an aromatic ring is 1. The minimum atomic E-state index is 0.174. The molecule has 0 saturated heterocycles. The lowest BCUT2D eigenvalue weighted by atomic mass is 10.0. The Morgan fingerprint density at radius 3 is 2.72 bits per heavy atom. The maximum atomic E-state index is 9.47. The van der Waals surface area contributed by atoms with Crippen LogP contribution in [0, 0.1) is 11.3 Å². The van der Waals surface area contributed by atoms with Gasteiger partial charge < -0.3 is 15.8 Å². The molecule has 25 heavy (non-hydrogen) atoms. The van der Waals surface area contributed by atoms with Crippen LogP contribution in [0.15, 0.2) is 36.5 Å². The average molecular weight is 333 g/mol. The fourth-order valence-electron chi connectivity index (χ4n) is 2.65. The molecule has 6 heteroatoms. The van der Waals surface area contributed by atoms with Crippen molar-refractivity contribution in [2.24, 2.45) is 0 Å². The molecule has 0 fully saturated rings. The van der Waals surface area contributed by atoms with Gasteiger partial charge in [-0.3, -0.25) is 0 Å². The second-order valence-electron chi connectivity index (χ2n) is 5.82. The number of aromatic nitrogens is 3. The van der Waals surface area contributed by atoms with E-state index in [-0.39, 0.29) is 11.6 Å². The summed E-state index contributed by atoms with van der Waals surface area (Å²) in [5.41, 5.74) is 9.20. The Morgan fingerprint density at radius 2 is 2.04 bits per heavy atom. The van der Waals surface area contributed by atoms with Gasteiger partial charge in [-0.05, 0) is 36.8 Å². The third kappa shape index (κ3) is 3.45. The number of aromatic amines is 1. The summed E-state index contributed by atoms with van der Waals surface area (Å²) in [6, 6.07) is 10.6. The molecule has 3 aromatic rings. The van der Waals surface area contributed by atoms with E-state index in [2.05, 4.69) is 27.9 Å².